The molecule has 0 radical (unpaired) electrons. The Kier molecular flexibility index (Phi) is 4.42. The summed E-state index contributed by atoms with van der Waals surface area (Å²) in [6.07, 6.45) is 0. The topological polar surface area (TPSA) is 12.0 Å². The minimum absolute atomic E-state index is 0.212. The van der Waals surface area contributed by atoms with Crippen LogP contribution < -0.4 is 5.32 Å². The zero-order valence-electron chi connectivity index (χ0n) is 15.7. The van der Waals surface area contributed by atoms with E-state index in [-0.39, 0.29) is 6.04 Å². The van der Waals surface area contributed by atoms with Crippen molar-refractivity contribution in [3.8, 4) is 0 Å². The van der Waals surface area contributed by atoms with Gasteiger partial charge in [0.1, 0.15) is 0 Å². The second-order valence-electron chi connectivity index (χ2n) is 7.44. The average Bonchev–Trinajstić information content (AvgIpc) is 2.79. The van der Waals surface area contributed by atoms with Crippen LogP contribution in [0.4, 0.5) is 5.69 Å². The van der Waals surface area contributed by atoms with E-state index < -0.39 is 0 Å². The summed E-state index contributed by atoms with van der Waals surface area (Å²) in [6, 6.07) is 41.7. The van der Waals surface area contributed by atoms with Crippen molar-refractivity contribution in [2.45, 2.75) is 17.9 Å². The highest BCUT2D eigenvalue weighted by atomic mass is 15.0. The zero-order valence-corrected chi connectivity index (χ0v) is 15.7. The molecule has 1 heteroatoms. The first kappa shape index (κ1) is 16.8. The largest absolute Gasteiger partial charge is 0.377 e. The minimum atomic E-state index is 0.212. The zero-order chi connectivity index (χ0) is 18.8. The minimum Gasteiger partial charge on any atom is -0.377 e. The van der Waals surface area contributed by atoms with Crippen molar-refractivity contribution in [3.05, 3.63) is 138 Å². The number of para-hydroxylation sites is 1. The highest BCUT2D eigenvalue weighted by Crippen LogP contribution is 2.52. The molecule has 4 aromatic rings. The van der Waals surface area contributed by atoms with Gasteiger partial charge in [-0.1, -0.05) is 109 Å². The number of rotatable bonds is 3. The van der Waals surface area contributed by atoms with Crippen molar-refractivity contribution >= 4 is 5.69 Å². The fourth-order valence-corrected chi connectivity index (χ4v) is 4.60. The molecule has 0 amide bonds. The van der Waals surface area contributed by atoms with Gasteiger partial charge in [0.15, 0.2) is 0 Å². The van der Waals surface area contributed by atoms with Crippen LogP contribution in [0.25, 0.3) is 0 Å². The van der Waals surface area contributed by atoms with E-state index in [2.05, 4.69) is 121 Å². The molecule has 1 N–H and O–H groups in total. The Morgan fingerprint density at radius 1 is 0.464 bits per heavy atom. The maximum Gasteiger partial charge on any atom is 0.0591 e. The third kappa shape index (κ3) is 2.99. The molecule has 0 unspecified atom stereocenters. The Labute approximate surface area is 166 Å². The van der Waals surface area contributed by atoms with E-state index in [9.17, 15) is 0 Å². The molecule has 1 nitrogen and oxygen atoms in total. The lowest BCUT2D eigenvalue weighted by molar-refractivity contribution is 0.508. The number of anilines is 1. The molecule has 0 aromatic heterocycles. The van der Waals surface area contributed by atoms with Crippen molar-refractivity contribution in [1.29, 1.82) is 0 Å². The summed E-state index contributed by atoms with van der Waals surface area (Å²) in [6.45, 7) is 0. The normalized spacial score (nSPS) is 20.8. The molecule has 4 aromatic carbocycles. The number of hydrogen-bond donors (Lipinski definition) is 1. The van der Waals surface area contributed by atoms with Crippen molar-refractivity contribution in [2.75, 3.05) is 5.32 Å². The second-order valence-corrected chi connectivity index (χ2v) is 7.44. The van der Waals surface area contributed by atoms with Crippen molar-refractivity contribution in [3.63, 3.8) is 0 Å². The highest BCUT2D eigenvalue weighted by Gasteiger charge is 2.38. The predicted octanol–water partition coefficient (Wildman–Crippen LogP) is 6.77. The Morgan fingerprint density at radius 3 is 1.61 bits per heavy atom. The molecule has 0 fully saturated rings. The monoisotopic (exact) mass is 361 g/mol. The maximum atomic E-state index is 3.86. The molecule has 0 spiro atoms. The molecule has 0 saturated carbocycles. The molecule has 0 bridgehead atoms. The molecule has 0 saturated heterocycles. The highest BCUT2D eigenvalue weighted by molar-refractivity contribution is 5.62. The lowest BCUT2D eigenvalue weighted by Gasteiger charge is -2.42. The summed E-state index contributed by atoms with van der Waals surface area (Å²) in [4.78, 5) is 0. The van der Waals surface area contributed by atoms with E-state index in [1.165, 1.54) is 27.9 Å². The van der Waals surface area contributed by atoms with Crippen LogP contribution in [-0.2, 0) is 0 Å². The van der Waals surface area contributed by atoms with Crippen molar-refractivity contribution < 1.29 is 0 Å². The van der Waals surface area contributed by atoms with Crippen LogP contribution in [0, 0.1) is 0 Å². The van der Waals surface area contributed by atoms with E-state index in [0.29, 0.717) is 11.8 Å². The molecule has 1 aliphatic rings. The third-order valence-electron chi connectivity index (χ3n) is 5.83. The van der Waals surface area contributed by atoms with Gasteiger partial charge >= 0.3 is 0 Å². The van der Waals surface area contributed by atoms with E-state index in [0.717, 1.165) is 0 Å². The Bertz CT molecular complexity index is 1040. The molecule has 3 atom stereocenters. The first-order valence-corrected chi connectivity index (χ1v) is 9.92. The van der Waals surface area contributed by atoms with Crippen molar-refractivity contribution in [2.24, 2.45) is 0 Å². The van der Waals surface area contributed by atoms with Gasteiger partial charge in [-0.25, -0.2) is 0 Å². The fraction of sp³-hybridized carbons (Fsp3) is 0.111. The second kappa shape index (κ2) is 7.36. The smallest absolute Gasteiger partial charge is 0.0591 e. The first-order valence-electron chi connectivity index (χ1n) is 9.92. The van der Waals surface area contributed by atoms with Gasteiger partial charge in [-0.15, -0.1) is 0 Å². The van der Waals surface area contributed by atoms with Crippen LogP contribution >= 0.6 is 0 Å². The van der Waals surface area contributed by atoms with E-state index in [1.54, 1.807) is 0 Å². The van der Waals surface area contributed by atoms with Crippen LogP contribution in [0.1, 0.15) is 40.1 Å². The van der Waals surface area contributed by atoms with Gasteiger partial charge in [-0.05, 0) is 28.3 Å². The van der Waals surface area contributed by atoms with Crippen LogP contribution in [0.3, 0.4) is 0 Å². The third-order valence-corrected chi connectivity index (χ3v) is 5.83. The molecule has 0 aliphatic carbocycles. The van der Waals surface area contributed by atoms with Gasteiger partial charge in [0.2, 0.25) is 0 Å². The molecular formula is C27H23N. The molecule has 136 valence electrons. The molecular weight excluding hydrogens is 338 g/mol. The first-order chi connectivity index (χ1) is 13.9. The van der Waals surface area contributed by atoms with Crippen LogP contribution in [-0.4, -0.2) is 0 Å². The van der Waals surface area contributed by atoms with Crippen LogP contribution in [0.15, 0.2) is 115 Å². The Hall–Kier alpha value is -3.32. The number of hydrogen-bond acceptors (Lipinski definition) is 1. The van der Waals surface area contributed by atoms with Crippen LogP contribution in [0.2, 0.25) is 0 Å². The summed E-state index contributed by atoms with van der Waals surface area (Å²) in [5.74, 6) is 0.604. The van der Waals surface area contributed by atoms with Gasteiger partial charge < -0.3 is 5.32 Å². The summed E-state index contributed by atoms with van der Waals surface area (Å²) < 4.78 is 0. The van der Waals surface area contributed by atoms with Gasteiger partial charge in [0.25, 0.3) is 0 Å². The van der Waals surface area contributed by atoms with Gasteiger partial charge in [0, 0.05) is 17.5 Å². The van der Waals surface area contributed by atoms with Gasteiger partial charge in [-0.3, -0.25) is 0 Å². The van der Waals surface area contributed by atoms with Crippen LogP contribution in [0.5, 0.6) is 0 Å². The molecule has 1 heterocycles. The molecule has 28 heavy (non-hydrogen) atoms. The predicted molar refractivity (Wildman–Crippen MR) is 117 cm³/mol. The summed E-state index contributed by atoms with van der Waals surface area (Å²) in [7, 11) is 0. The Morgan fingerprint density at radius 2 is 0.964 bits per heavy atom. The van der Waals surface area contributed by atoms with Crippen molar-refractivity contribution in [1.82, 2.24) is 0 Å². The quantitative estimate of drug-likeness (QED) is 0.424. The maximum absolute atomic E-state index is 3.86. The number of fused-ring (bicyclic) bond motifs is 1. The molecule has 1 aliphatic heterocycles. The Balaban J connectivity index is 1.75. The lowest BCUT2D eigenvalue weighted by atomic mass is 9.69. The number of nitrogens with one attached hydrogen (secondary N) is 1. The summed E-state index contributed by atoms with van der Waals surface area (Å²) >= 11 is 0. The standard InChI is InChI=1S/C27H23N/c1-4-12-20(13-5-1)25-23-18-10-11-19-24(23)28-27(22-16-8-3-9-17-22)26(25)21-14-6-2-7-15-21/h1-19,25-28H/t25-,26+,27-/m1/s1. The average molecular weight is 361 g/mol. The summed E-state index contributed by atoms with van der Waals surface area (Å²) in [5, 5.41) is 3.86. The molecule has 5 rings (SSSR count). The lowest BCUT2D eigenvalue weighted by Crippen LogP contribution is -2.30. The van der Waals surface area contributed by atoms with E-state index in [4.69, 9.17) is 0 Å². The van der Waals surface area contributed by atoms with Gasteiger partial charge in [0.05, 0.1) is 6.04 Å². The van der Waals surface area contributed by atoms with E-state index in [1.807, 2.05) is 0 Å². The fourth-order valence-electron chi connectivity index (χ4n) is 4.60. The van der Waals surface area contributed by atoms with E-state index >= 15 is 0 Å². The SMILES string of the molecule is c1ccc([C@@H]2c3ccccc3N[C@H](c3ccccc3)[C@H]2c2ccccc2)cc1. The summed E-state index contributed by atoms with van der Waals surface area (Å²) in [5.41, 5.74) is 6.66. The number of benzene rings is 4. The van der Waals surface area contributed by atoms with Gasteiger partial charge in [-0.2, -0.15) is 0 Å².